The molecule has 0 spiro atoms. The van der Waals surface area contributed by atoms with E-state index in [2.05, 4.69) is 17.0 Å². The number of aromatic nitrogens is 3. The summed E-state index contributed by atoms with van der Waals surface area (Å²) in [6.45, 7) is 5.95. The van der Waals surface area contributed by atoms with Crippen molar-refractivity contribution < 1.29 is 19.5 Å². The van der Waals surface area contributed by atoms with Crippen LogP contribution >= 0.6 is 0 Å². The van der Waals surface area contributed by atoms with E-state index in [0.717, 1.165) is 36.8 Å². The summed E-state index contributed by atoms with van der Waals surface area (Å²) in [5.74, 6) is -1.14. The van der Waals surface area contributed by atoms with Gasteiger partial charge in [0, 0.05) is 29.9 Å². The molecule has 1 aliphatic carbocycles. The maximum atomic E-state index is 13.5. The monoisotopic (exact) mass is 489 g/mol. The number of amides is 2. The van der Waals surface area contributed by atoms with Gasteiger partial charge in [0.1, 0.15) is 11.3 Å². The Morgan fingerprint density at radius 2 is 1.67 bits per heavy atom. The second kappa shape index (κ2) is 10.3. The topological polar surface area (TPSA) is 131 Å². The summed E-state index contributed by atoms with van der Waals surface area (Å²) < 4.78 is 1.49. The molecular weight excluding hydrogens is 458 g/mol. The second-order valence-corrected chi connectivity index (χ2v) is 9.72. The van der Waals surface area contributed by atoms with Gasteiger partial charge in [0.2, 0.25) is 5.91 Å². The summed E-state index contributed by atoms with van der Waals surface area (Å²) in [5, 5.41) is 14.5. The summed E-state index contributed by atoms with van der Waals surface area (Å²) in [7, 11) is 0. The molecule has 2 aromatic heterocycles. The van der Waals surface area contributed by atoms with Gasteiger partial charge in [-0.25, -0.2) is 9.48 Å². The van der Waals surface area contributed by atoms with Gasteiger partial charge in [-0.1, -0.05) is 25.1 Å². The number of carboxylic acids is 1. The van der Waals surface area contributed by atoms with E-state index in [4.69, 9.17) is 5.73 Å². The van der Waals surface area contributed by atoms with E-state index in [-0.39, 0.29) is 34.9 Å². The summed E-state index contributed by atoms with van der Waals surface area (Å²) in [5.41, 5.74) is 7.73. The number of hydrogen-bond donors (Lipinski definition) is 2. The molecule has 4 rings (SSSR count). The zero-order chi connectivity index (χ0) is 26.0. The van der Waals surface area contributed by atoms with E-state index < -0.39 is 11.9 Å². The zero-order valence-electron chi connectivity index (χ0n) is 20.7. The number of carboxylic acid groups (broad SMARTS) is 1. The van der Waals surface area contributed by atoms with Crippen molar-refractivity contribution in [2.24, 2.45) is 17.6 Å². The largest absolute Gasteiger partial charge is 0.477 e. The zero-order valence-corrected chi connectivity index (χ0v) is 20.7. The lowest BCUT2D eigenvalue weighted by Crippen LogP contribution is -2.43. The van der Waals surface area contributed by atoms with Crippen molar-refractivity contribution in [3.05, 3.63) is 60.0 Å². The third-order valence-corrected chi connectivity index (χ3v) is 6.75. The summed E-state index contributed by atoms with van der Waals surface area (Å²) in [6.07, 6.45) is 6.63. The summed E-state index contributed by atoms with van der Waals surface area (Å²) in [6, 6.07) is 10.4. The Labute approximate surface area is 209 Å². The molecule has 1 saturated carbocycles. The molecule has 0 unspecified atom stereocenters. The van der Waals surface area contributed by atoms with Gasteiger partial charge in [-0.3, -0.25) is 19.5 Å². The second-order valence-electron chi connectivity index (χ2n) is 9.72. The van der Waals surface area contributed by atoms with Crippen LogP contribution in [0.5, 0.6) is 0 Å². The fourth-order valence-electron chi connectivity index (χ4n) is 4.65. The number of primary amides is 1. The van der Waals surface area contributed by atoms with E-state index in [0.29, 0.717) is 11.6 Å². The normalized spacial score (nSPS) is 17.7. The van der Waals surface area contributed by atoms with Crippen LogP contribution in [0.25, 0.3) is 16.8 Å². The molecule has 1 aliphatic rings. The van der Waals surface area contributed by atoms with Crippen LogP contribution in [0, 0.1) is 11.8 Å². The van der Waals surface area contributed by atoms with E-state index in [1.807, 2.05) is 38.1 Å². The Morgan fingerprint density at radius 1 is 1.03 bits per heavy atom. The van der Waals surface area contributed by atoms with Crippen molar-refractivity contribution in [1.82, 2.24) is 14.8 Å². The van der Waals surface area contributed by atoms with Gasteiger partial charge in [-0.15, -0.1) is 5.10 Å². The van der Waals surface area contributed by atoms with Crippen LogP contribution in [0.4, 0.5) is 5.82 Å². The van der Waals surface area contributed by atoms with E-state index >= 15 is 0 Å². The number of carbonyl (C=O) groups is 3. The maximum Gasteiger partial charge on any atom is 0.341 e. The van der Waals surface area contributed by atoms with Crippen molar-refractivity contribution >= 4 is 23.6 Å². The lowest BCUT2D eigenvalue weighted by atomic mass is 9.82. The Balaban J connectivity index is 1.64. The molecule has 0 atom stereocenters. The quantitative estimate of drug-likeness (QED) is 0.509. The summed E-state index contributed by atoms with van der Waals surface area (Å²) in [4.78, 5) is 42.5. The molecule has 0 saturated heterocycles. The molecule has 1 fully saturated rings. The molecule has 9 nitrogen and oxygen atoms in total. The SMILES string of the molecule is CC(C)N(c1nn(-c2ccc(-c3ccc(C(N)=O)nc3)cc2)cc1C(=O)O)C(=O)[C@H]1CC[C@H](C)CC1. The van der Waals surface area contributed by atoms with Crippen LogP contribution in [0.15, 0.2) is 48.8 Å². The summed E-state index contributed by atoms with van der Waals surface area (Å²) >= 11 is 0. The molecular formula is C27H31N5O4. The minimum Gasteiger partial charge on any atom is -0.477 e. The van der Waals surface area contributed by atoms with Crippen molar-refractivity contribution in [1.29, 1.82) is 0 Å². The van der Waals surface area contributed by atoms with Gasteiger partial charge in [0.25, 0.3) is 5.91 Å². The number of hydrogen-bond acceptors (Lipinski definition) is 5. The van der Waals surface area contributed by atoms with Crippen molar-refractivity contribution in [3.8, 4) is 16.8 Å². The molecule has 188 valence electrons. The number of rotatable bonds is 7. The molecule has 36 heavy (non-hydrogen) atoms. The number of anilines is 1. The highest BCUT2D eigenvalue weighted by Crippen LogP contribution is 2.33. The third-order valence-electron chi connectivity index (χ3n) is 6.75. The Kier molecular flexibility index (Phi) is 7.19. The number of aromatic carboxylic acids is 1. The number of benzene rings is 1. The van der Waals surface area contributed by atoms with Gasteiger partial charge in [0.15, 0.2) is 5.82 Å². The fourth-order valence-corrected chi connectivity index (χ4v) is 4.65. The highest BCUT2D eigenvalue weighted by atomic mass is 16.4. The van der Waals surface area contributed by atoms with Crippen LogP contribution in [0.3, 0.4) is 0 Å². The van der Waals surface area contributed by atoms with Gasteiger partial charge >= 0.3 is 5.97 Å². The van der Waals surface area contributed by atoms with Crippen LogP contribution in [0.2, 0.25) is 0 Å². The van der Waals surface area contributed by atoms with Crippen LogP contribution < -0.4 is 10.6 Å². The predicted molar refractivity (Wildman–Crippen MR) is 136 cm³/mol. The number of nitrogens with two attached hydrogens (primary N) is 1. The number of carbonyl (C=O) groups excluding carboxylic acids is 2. The standard InChI is InChI=1S/C27H31N5O4/c1-16(2)32(26(34)19-6-4-17(3)5-7-19)25-22(27(35)36)15-31(30-25)21-11-8-18(9-12-21)20-10-13-23(24(28)33)29-14-20/h8-17,19H,4-7H2,1-3H3,(H2,28,33)(H,35,36)/t17-,19-. The van der Waals surface area contributed by atoms with E-state index in [1.54, 1.807) is 23.2 Å². The van der Waals surface area contributed by atoms with E-state index in [9.17, 15) is 19.5 Å². The molecule has 3 N–H and O–H groups in total. The van der Waals surface area contributed by atoms with Crippen molar-refractivity contribution in [3.63, 3.8) is 0 Å². The van der Waals surface area contributed by atoms with Crippen LogP contribution in [-0.4, -0.2) is 43.7 Å². The predicted octanol–water partition coefficient (Wildman–Crippen LogP) is 4.30. The molecule has 2 amide bonds. The Morgan fingerprint density at radius 3 is 2.19 bits per heavy atom. The average Bonchev–Trinajstić information content (AvgIpc) is 3.29. The molecule has 9 heteroatoms. The minimum absolute atomic E-state index is 0.0171. The van der Waals surface area contributed by atoms with Gasteiger partial charge in [0.05, 0.1) is 5.69 Å². The minimum atomic E-state index is -1.13. The van der Waals surface area contributed by atoms with Gasteiger partial charge in [-0.2, -0.15) is 0 Å². The van der Waals surface area contributed by atoms with Crippen molar-refractivity contribution in [2.45, 2.75) is 52.5 Å². The molecule has 3 aromatic rings. The van der Waals surface area contributed by atoms with Crippen molar-refractivity contribution in [2.75, 3.05) is 4.90 Å². The van der Waals surface area contributed by atoms with Crippen LogP contribution in [0.1, 0.15) is 67.3 Å². The van der Waals surface area contributed by atoms with E-state index in [1.165, 1.54) is 10.9 Å². The lowest BCUT2D eigenvalue weighted by Gasteiger charge is -2.32. The first-order valence-electron chi connectivity index (χ1n) is 12.2. The molecule has 1 aromatic carbocycles. The Hall–Kier alpha value is -4.01. The first-order chi connectivity index (χ1) is 17.2. The number of nitrogens with zero attached hydrogens (tertiary/aromatic N) is 4. The molecule has 0 aliphatic heterocycles. The van der Waals surface area contributed by atoms with Crippen LogP contribution in [-0.2, 0) is 4.79 Å². The van der Waals surface area contributed by atoms with Gasteiger partial charge in [-0.05, 0) is 69.2 Å². The highest BCUT2D eigenvalue weighted by molar-refractivity contribution is 6.01. The average molecular weight is 490 g/mol. The lowest BCUT2D eigenvalue weighted by molar-refractivity contribution is -0.124. The molecule has 0 bridgehead atoms. The fraction of sp³-hybridized carbons (Fsp3) is 0.370. The first kappa shape index (κ1) is 25.1. The third kappa shape index (κ3) is 5.15. The smallest absolute Gasteiger partial charge is 0.341 e. The highest BCUT2D eigenvalue weighted by Gasteiger charge is 2.34. The first-order valence-corrected chi connectivity index (χ1v) is 12.2. The maximum absolute atomic E-state index is 13.5. The Bertz CT molecular complexity index is 1260. The molecule has 2 heterocycles. The molecule has 0 radical (unpaired) electrons. The van der Waals surface area contributed by atoms with Gasteiger partial charge < -0.3 is 10.8 Å². The number of pyridine rings is 1.